The van der Waals surface area contributed by atoms with E-state index in [4.69, 9.17) is 10.5 Å². The Morgan fingerprint density at radius 3 is 2.45 bits per heavy atom. The van der Waals surface area contributed by atoms with Gasteiger partial charge in [-0.15, -0.1) is 0 Å². The number of urea groups is 1. The summed E-state index contributed by atoms with van der Waals surface area (Å²) in [5.74, 6) is 0. The number of carbonyl (C=O) groups is 1. The van der Waals surface area contributed by atoms with Gasteiger partial charge in [0.25, 0.3) is 0 Å². The summed E-state index contributed by atoms with van der Waals surface area (Å²) >= 11 is 0. The summed E-state index contributed by atoms with van der Waals surface area (Å²) in [6.45, 7) is 8.80. The van der Waals surface area contributed by atoms with Crippen LogP contribution in [0.25, 0.3) is 0 Å². The Morgan fingerprint density at radius 2 is 1.95 bits per heavy atom. The molecule has 20 heavy (non-hydrogen) atoms. The predicted octanol–water partition coefficient (Wildman–Crippen LogP) is 2.64. The van der Waals surface area contributed by atoms with Crippen LogP contribution >= 0.6 is 0 Å². The fourth-order valence-electron chi connectivity index (χ4n) is 1.78. The molecule has 4 N–H and O–H groups in total. The van der Waals surface area contributed by atoms with Crippen molar-refractivity contribution < 1.29 is 9.53 Å². The van der Waals surface area contributed by atoms with Crippen molar-refractivity contribution in [2.24, 2.45) is 5.73 Å². The largest absolute Gasteiger partial charge is 0.374 e. The first-order valence-electron chi connectivity index (χ1n) is 6.88. The summed E-state index contributed by atoms with van der Waals surface area (Å²) < 4.78 is 5.52. The summed E-state index contributed by atoms with van der Waals surface area (Å²) in [5.41, 5.74) is 7.18. The van der Waals surface area contributed by atoms with Gasteiger partial charge in [0.05, 0.1) is 5.60 Å². The first-order valence-corrected chi connectivity index (χ1v) is 6.88. The molecule has 1 aromatic rings. The van der Waals surface area contributed by atoms with E-state index in [1.165, 1.54) is 0 Å². The van der Waals surface area contributed by atoms with Crippen molar-refractivity contribution in [1.29, 1.82) is 0 Å². The molecule has 0 aliphatic heterocycles. The van der Waals surface area contributed by atoms with Gasteiger partial charge in [-0.3, -0.25) is 0 Å². The molecule has 0 aliphatic carbocycles. The number of amides is 2. The highest BCUT2D eigenvalue weighted by atomic mass is 16.5. The molecule has 0 heterocycles. The Morgan fingerprint density at radius 1 is 1.35 bits per heavy atom. The summed E-state index contributed by atoms with van der Waals surface area (Å²) in [5, 5.41) is 5.57. The smallest absolute Gasteiger partial charge is 0.319 e. The number of hydrogen-bond donors (Lipinski definition) is 3. The minimum Gasteiger partial charge on any atom is -0.374 e. The van der Waals surface area contributed by atoms with E-state index in [9.17, 15) is 4.79 Å². The molecule has 0 saturated carbocycles. The van der Waals surface area contributed by atoms with Gasteiger partial charge in [0.1, 0.15) is 0 Å². The number of rotatable bonds is 6. The second-order valence-corrected chi connectivity index (χ2v) is 5.41. The zero-order valence-corrected chi connectivity index (χ0v) is 12.7. The second-order valence-electron chi connectivity index (χ2n) is 5.41. The van der Waals surface area contributed by atoms with Gasteiger partial charge in [-0.1, -0.05) is 12.1 Å². The van der Waals surface area contributed by atoms with Crippen LogP contribution in [0.2, 0.25) is 0 Å². The van der Waals surface area contributed by atoms with E-state index in [1.54, 1.807) is 0 Å². The van der Waals surface area contributed by atoms with Crippen molar-refractivity contribution in [1.82, 2.24) is 5.32 Å². The molecule has 1 rings (SSSR count). The van der Waals surface area contributed by atoms with E-state index in [-0.39, 0.29) is 17.7 Å². The summed E-state index contributed by atoms with van der Waals surface area (Å²) in [7, 11) is 0. The molecule has 0 spiro atoms. The lowest BCUT2D eigenvalue weighted by atomic mass is 10.1. The number of carbonyl (C=O) groups excluding carboxylic acids is 1. The van der Waals surface area contributed by atoms with E-state index in [0.29, 0.717) is 13.2 Å². The molecule has 5 heteroatoms. The third-order valence-electron chi connectivity index (χ3n) is 2.90. The molecule has 0 radical (unpaired) electrons. The van der Waals surface area contributed by atoms with E-state index in [0.717, 1.165) is 11.3 Å². The third kappa shape index (κ3) is 5.59. The number of nitrogens with one attached hydrogen (secondary N) is 2. The van der Waals surface area contributed by atoms with Crippen molar-refractivity contribution in [3.8, 4) is 0 Å². The highest BCUT2D eigenvalue weighted by molar-refractivity contribution is 5.89. The van der Waals surface area contributed by atoms with E-state index in [1.807, 2.05) is 52.0 Å². The van der Waals surface area contributed by atoms with Crippen molar-refractivity contribution in [2.45, 2.75) is 39.3 Å². The molecule has 2 amide bonds. The van der Waals surface area contributed by atoms with Crippen LogP contribution in [0.3, 0.4) is 0 Å². The maximum atomic E-state index is 11.8. The molecular formula is C15H25N3O2. The predicted molar refractivity (Wildman–Crippen MR) is 81.8 cm³/mol. The zero-order valence-electron chi connectivity index (χ0n) is 12.7. The van der Waals surface area contributed by atoms with Gasteiger partial charge in [-0.25, -0.2) is 4.79 Å². The maximum absolute atomic E-state index is 11.8. The number of benzene rings is 1. The summed E-state index contributed by atoms with van der Waals surface area (Å²) in [6.07, 6.45) is 0. The molecule has 0 saturated heterocycles. The van der Waals surface area contributed by atoms with Crippen molar-refractivity contribution in [3.63, 3.8) is 0 Å². The fraction of sp³-hybridized carbons (Fsp3) is 0.533. The molecule has 5 nitrogen and oxygen atoms in total. The normalized spacial score (nSPS) is 12.8. The summed E-state index contributed by atoms with van der Waals surface area (Å²) in [6, 6.07) is 7.24. The quantitative estimate of drug-likeness (QED) is 0.749. The Kier molecular flexibility index (Phi) is 5.98. The lowest BCUT2D eigenvalue weighted by Crippen LogP contribution is -2.42. The Balaban J connectivity index is 2.46. The fourth-order valence-corrected chi connectivity index (χ4v) is 1.78. The molecule has 0 bridgehead atoms. The SMILES string of the molecule is CCOC(C)(C)CNC(=O)Nc1ccc(C(C)N)cc1. The first-order chi connectivity index (χ1) is 9.34. The topological polar surface area (TPSA) is 76.4 Å². The van der Waals surface area contributed by atoms with Gasteiger partial charge in [0.2, 0.25) is 0 Å². The molecule has 0 fully saturated rings. The average Bonchev–Trinajstić information content (AvgIpc) is 2.37. The second kappa shape index (κ2) is 7.26. The van der Waals surface area contributed by atoms with Crippen molar-refractivity contribution in [2.75, 3.05) is 18.5 Å². The number of ether oxygens (including phenoxy) is 1. The van der Waals surface area contributed by atoms with E-state index in [2.05, 4.69) is 10.6 Å². The van der Waals surface area contributed by atoms with Gasteiger partial charge >= 0.3 is 6.03 Å². The Bertz CT molecular complexity index is 427. The van der Waals surface area contributed by atoms with Crippen LogP contribution in [0.1, 0.15) is 39.3 Å². The zero-order chi connectivity index (χ0) is 15.2. The molecule has 1 aromatic carbocycles. The number of hydrogen-bond acceptors (Lipinski definition) is 3. The number of anilines is 1. The van der Waals surface area contributed by atoms with Crippen molar-refractivity contribution >= 4 is 11.7 Å². The molecule has 0 aliphatic rings. The first kappa shape index (κ1) is 16.5. The lowest BCUT2D eigenvalue weighted by Gasteiger charge is -2.24. The minimum absolute atomic E-state index is 0.00938. The lowest BCUT2D eigenvalue weighted by molar-refractivity contribution is -0.00662. The molecule has 1 unspecified atom stereocenters. The highest BCUT2D eigenvalue weighted by Crippen LogP contribution is 2.14. The average molecular weight is 279 g/mol. The van der Waals surface area contributed by atoms with Gasteiger partial charge in [0.15, 0.2) is 0 Å². The van der Waals surface area contributed by atoms with Crippen LogP contribution in [-0.4, -0.2) is 24.8 Å². The van der Waals surface area contributed by atoms with Crippen LogP contribution in [0.15, 0.2) is 24.3 Å². The summed E-state index contributed by atoms with van der Waals surface area (Å²) in [4.78, 5) is 11.8. The molecule has 112 valence electrons. The monoisotopic (exact) mass is 279 g/mol. The van der Waals surface area contributed by atoms with E-state index < -0.39 is 0 Å². The van der Waals surface area contributed by atoms with Gasteiger partial charge in [-0.05, 0) is 45.4 Å². The van der Waals surface area contributed by atoms with Crippen LogP contribution in [0.4, 0.5) is 10.5 Å². The van der Waals surface area contributed by atoms with Crippen molar-refractivity contribution in [3.05, 3.63) is 29.8 Å². The van der Waals surface area contributed by atoms with Crippen LogP contribution in [0.5, 0.6) is 0 Å². The van der Waals surface area contributed by atoms with Gasteiger partial charge in [0, 0.05) is 24.9 Å². The molecular weight excluding hydrogens is 254 g/mol. The third-order valence-corrected chi connectivity index (χ3v) is 2.90. The van der Waals surface area contributed by atoms with E-state index >= 15 is 0 Å². The number of nitrogens with two attached hydrogens (primary N) is 1. The Labute approximate surface area is 120 Å². The minimum atomic E-state index is -0.370. The maximum Gasteiger partial charge on any atom is 0.319 e. The molecule has 1 atom stereocenters. The van der Waals surface area contributed by atoms with Crippen LogP contribution < -0.4 is 16.4 Å². The van der Waals surface area contributed by atoms with Crippen LogP contribution in [-0.2, 0) is 4.74 Å². The molecule has 0 aromatic heterocycles. The standard InChI is InChI=1S/C15H25N3O2/c1-5-20-15(3,4)10-17-14(19)18-13-8-6-12(7-9-13)11(2)16/h6-9,11H,5,10,16H2,1-4H3,(H2,17,18,19). The highest BCUT2D eigenvalue weighted by Gasteiger charge is 2.18. The van der Waals surface area contributed by atoms with Gasteiger partial charge < -0.3 is 21.1 Å². The Hall–Kier alpha value is -1.59. The van der Waals surface area contributed by atoms with Crippen LogP contribution in [0, 0.1) is 0 Å². The van der Waals surface area contributed by atoms with Gasteiger partial charge in [-0.2, -0.15) is 0 Å².